The Kier molecular flexibility index (Phi) is 2.99. The van der Waals surface area contributed by atoms with E-state index < -0.39 is 12.0 Å². The van der Waals surface area contributed by atoms with Crippen molar-refractivity contribution in [2.24, 2.45) is 0 Å². The maximum Gasteiger partial charge on any atom is 0.272 e. The average Bonchev–Trinajstić information content (AvgIpc) is 3.32. The van der Waals surface area contributed by atoms with E-state index in [1.807, 2.05) is 31.2 Å². The zero-order chi connectivity index (χ0) is 17.2. The molecule has 0 radical (unpaired) electrons. The number of benzene rings is 1. The van der Waals surface area contributed by atoms with E-state index in [1.165, 1.54) is 4.68 Å². The molecule has 2 saturated carbocycles. The Morgan fingerprint density at radius 2 is 2.00 bits per heavy atom. The lowest BCUT2D eigenvalue weighted by Crippen LogP contribution is -2.32. The fourth-order valence-corrected chi connectivity index (χ4v) is 3.72. The molecule has 132 valence electrons. The van der Waals surface area contributed by atoms with Gasteiger partial charge in [0.15, 0.2) is 11.5 Å². The highest BCUT2D eigenvalue weighted by molar-refractivity contribution is 5.47. The third kappa shape index (κ3) is 2.40. The topological polar surface area (TPSA) is 48.3 Å². The summed E-state index contributed by atoms with van der Waals surface area (Å²) in [6, 6.07) is 6.93. The van der Waals surface area contributed by atoms with Crippen molar-refractivity contribution in [2.75, 3.05) is 6.79 Å². The summed E-state index contributed by atoms with van der Waals surface area (Å²) in [6.07, 6.45) is 3.49. The molecule has 2 unspecified atom stereocenters. The van der Waals surface area contributed by atoms with Crippen molar-refractivity contribution in [3.8, 4) is 11.5 Å². The van der Waals surface area contributed by atoms with Gasteiger partial charge in [-0.05, 0) is 43.5 Å². The molecule has 7 heteroatoms. The van der Waals surface area contributed by atoms with E-state index in [2.05, 4.69) is 10.4 Å². The van der Waals surface area contributed by atoms with Gasteiger partial charge in [0.2, 0.25) is 6.79 Å². The van der Waals surface area contributed by atoms with Gasteiger partial charge in [0.05, 0.1) is 5.69 Å². The third-order valence-electron chi connectivity index (χ3n) is 5.40. The normalized spacial score (nSPS) is 25.6. The van der Waals surface area contributed by atoms with Crippen LogP contribution in [0, 0.1) is 0 Å². The van der Waals surface area contributed by atoms with Crippen molar-refractivity contribution < 1.29 is 18.3 Å². The number of aromatic nitrogens is 2. The average molecular weight is 347 g/mol. The summed E-state index contributed by atoms with van der Waals surface area (Å²) in [4.78, 5) is 0. The predicted octanol–water partition coefficient (Wildman–Crippen LogP) is 3.53. The second-order valence-electron chi connectivity index (χ2n) is 7.20. The lowest BCUT2D eigenvalue weighted by molar-refractivity contribution is 0.0973. The number of halogens is 2. The SMILES string of the molecule is CC(NC1(c2ccc3c(c2)OCO3)CC1)c1ccnn1C1CC1(F)F. The molecule has 1 N–H and O–H groups in total. The Morgan fingerprint density at radius 1 is 1.24 bits per heavy atom. The van der Waals surface area contributed by atoms with E-state index in [1.54, 1.807) is 6.20 Å². The minimum absolute atomic E-state index is 0.0770. The smallest absolute Gasteiger partial charge is 0.272 e. The van der Waals surface area contributed by atoms with Gasteiger partial charge in [0.1, 0.15) is 6.04 Å². The number of hydrogen-bond donors (Lipinski definition) is 1. The molecule has 5 nitrogen and oxygen atoms in total. The van der Waals surface area contributed by atoms with Gasteiger partial charge in [-0.2, -0.15) is 5.10 Å². The number of alkyl halides is 2. The third-order valence-corrected chi connectivity index (χ3v) is 5.40. The van der Waals surface area contributed by atoms with Gasteiger partial charge in [-0.25, -0.2) is 8.78 Å². The van der Waals surface area contributed by atoms with Gasteiger partial charge in [-0.3, -0.25) is 10.00 Å². The molecule has 2 aliphatic carbocycles. The fourth-order valence-electron chi connectivity index (χ4n) is 3.72. The van der Waals surface area contributed by atoms with Crippen LogP contribution in [0.4, 0.5) is 8.78 Å². The first-order valence-electron chi connectivity index (χ1n) is 8.58. The van der Waals surface area contributed by atoms with Crippen LogP contribution < -0.4 is 14.8 Å². The van der Waals surface area contributed by atoms with Crippen molar-refractivity contribution in [1.29, 1.82) is 0 Å². The summed E-state index contributed by atoms with van der Waals surface area (Å²) >= 11 is 0. The predicted molar refractivity (Wildman–Crippen MR) is 85.9 cm³/mol. The van der Waals surface area contributed by atoms with E-state index >= 15 is 0 Å². The summed E-state index contributed by atoms with van der Waals surface area (Å²) in [5.41, 5.74) is 1.81. The number of fused-ring (bicyclic) bond motifs is 1. The summed E-state index contributed by atoms with van der Waals surface area (Å²) in [7, 11) is 0. The van der Waals surface area contributed by atoms with Crippen molar-refractivity contribution in [3.63, 3.8) is 0 Å². The first-order valence-corrected chi connectivity index (χ1v) is 8.58. The van der Waals surface area contributed by atoms with E-state index in [-0.39, 0.29) is 24.8 Å². The van der Waals surface area contributed by atoms with Gasteiger partial charge in [-0.15, -0.1) is 0 Å². The highest BCUT2D eigenvalue weighted by Gasteiger charge is 2.59. The van der Waals surface area contributed by atoms with Crippen LogP contribution in [0.1, 0.15) is 49.5 Å². The summed E-state index contributed by atoms with van der Waals surface area (Å²) < 4.78 is 39.2. The first kappa shape index (κ1) is 15.1. The maximum absolute atomic E-state index is 13.4. The number of rotatable bonds is 5. The van der Waals surface area contributed by atoms with Gasteiger partial charge >= 0.3 is 0 Å². The number of nitrogens with one attached hydrogen (secondary N) is 1. The molecule has 0 bridgehead atoms. The van der Waals surface area contributed by atoms with Gasteiger partial charge in [0, 0.05) is 24.2 Å². The highest BCUT2D eigenvalue weighted by atomic mass is 19.3. The molecule has 25 heavy (non-hydrogen) atoms. The summed E-state index contributed by atoms with van der Waals surface area (Å²) in [5.74, 6) is -1.10. The molecule has 5 rings (SSSR count). The molecule has 2 fully saturated rings. The number of ether oxygens (including phenoxy) is 2. The fraction of sp³-hybridized carbons (Fsp3) is 0.500. The Bertz CT molecular complexity index is 831. The van der Waals surface area contributed by atoms with Crippen molar-refractivity contribution in [2.45, 2.75) is 49.7 Å². The molecule has 1 aromatic carbocycles. The Hall–Kier alpha value is -2.15. The zero-order valence-corrected chi connectivity index (χ0v) is 13.8. The number of hydrogen-bond acceptors (Lipinski definition) is 4. The Morgan fingerprint density at radius 3 is 2.72 bits per heavy atom. The summed E-state index contributed by atoms with van der Waals surface area (Å²) in [6.45, 7) is 2.26. The van der Waals surface area contributed by atoms with Crippen LogP contribution in [-0.2, 0) is 5.54 Å². The Labute approximate surface area is 143 Å². The molecule has 0 amide bonds. The molecule has 1 aliphatic heterocycles. The zero-order valence-electron chi connectivity index (χ0n) is 13.8. The quantitative estimate of drug-likeness (QED) is 0.899. The molecular weight excluding hydrogens is 328 g/mol. The number of nitrogens with zero attached hydrogens (tertiary/aromatic N) is 2. The Balaban J connectivity index is 1.38. The van der Waals surface area contributed by atoms with E-state index in [0.717, 1.165) is 35.6 Å². The van der Waals surface area contributed by atoms with E-state index in [0.29, 0.717) is 0 Å². The van der Waals surface area contributed by atoms with Crippen LogP contribution in [0.3, 0.4) is 0 Å². The first-order chi connectivity index (χ1) is 12.0. The van der Waals surface area contributed by atoms with Crippen molar-refractivity contribution in [3.05, 3.63) is 41.7 Å². The van der Waals surface area contributed by atoms with Crippen LogP contribution >= 0.6 is 0 Å². The van der Waals surface area contributed by atoms with Gasteiger partial charge < -0.3 is 9.47 Å². The van der Waals surface area contributed by atoms with Crippen LogP contribution in [0.5, 0.6) is 11.5 Å². The second kappa shape index (κ2) is 4.94. The van der Waals surface area contributed by atoms with Crippen LogP contribution in [0.2, 0.25) is 0 Å². The molecule has 1 aromatic heterocycles. The molecule has 2 atom stereocenters. The molecule has 2 aromatic rings. The minimum Gasteiger partial charge on any atom is -0.454 e. The highest BCUT2D eigenvalue weighted by Crippen LogP contribution is 2.53. The lowest BCUT2D eigenvalue weighted by Gasteiger charge is -2.24. The van der Waals surface area contributed by atoms with Gasteiger partial charge in [-0.1, -0.05) is 6.07 Å². The van der Waals surface area contributed by atoms with Crippen LogP contribution in [0.15, 0.2) is 30.5 Å². The van der Waals surface area contributed by atoms with Crippen LogP contribution in [-0.4, -0.2) is 22.5 Å². The molecule has 0 saturated heterocycles. The largest absolute Gasteiger partial charge is 0.454 e. The molecule has 0 spiro atoms. The van der Waals surface area contributed by atoms with E-state index in [4.69, 9.17) is 9.47 Å². The van der Waals surface area contributed by atoms with Crippen LogP contribution in [0.25, 0.3) is 0 Å². The molecule has 2 heterocycles. The monoisotopic (exact) mass is 347 g/mol. The molecular formula is C18H19F2N3O2. The van der Waals surface area contributed by atoms with Crippen molar-refractivity contribution in [1.82, 2.24) is 15.1 Å². The standard InChI is InChI=1S/C18H19F2N3O2/c1-11(13-4-7-21-23(13)16-9-18(16,19)20)22-17(5-6-17)12-2-3-14-15(8-12)25-10-24-14/h2-4,7-8,11,16,22H,5-6,9-10H2,1H3. The lowest BCUT2D eigenvalue weighted by atomic mass is 10.0. The minimum atomic E-state index is -2.63. The summed E-state index contributed by atoms with van der Waals surface area (Å²) in [5, 5.41) is 7.75. The van der Waals surface area contributed by atoms with Crippen molar-refractivity contribution >= 4 is 0 Å². The van der Waals surface area contributed by atoms with Gasteiger partial charge in [0.25, 0.3) is 5.92 Å². The van der Waals surface area contributed by atoms with E-state index in [9.17, 15) is 8.78 Å². The maximum atomic E-state index is 13.4. The second-order valence-corrected chi connectivity index (χ2v) is 7.20. The molecule has 3 aliphatic rings.